The molecule has 0 bridgehead atoms. The number of hydrogen-bond donors (Lipinski definition) is 2. The van der Waals surface area contributed by atoms with Crippen molar-refractivity contribution in [1.29, 1.82) is 0 Å². The summed E-state index contributed by atoms with van der Waals surface area (Å²) in [5, 5.41) is 6.66. The van der Waals surface area contributed by atoms with Crippen molar-refractivity contribution in [3.05, 3.63) is 30.3 Å². The Morgan fingerprint density at radius 3 is 2.40 bits per heavy atom. The summed E-state index contributed by atoms with van der Waals surface area (Å²) in [4.78, 5) is 6.83. The Balaban J connectivity index is 2.51. The van der Waals surface area contributed by atoms with Crippen LogP contribution >= 0.6 is 0 Å². The van der Waals surface area contributed by atoms with Gasteiger partial charge in [-0.2, -0.15) is 0 Å². The second kappa shape index (κ2) is 7.78. The van der Waals surface area contributed by atoms with E-state index in [9.17, 15) is 0 Å². The van der Waals surface area contributed by atoms with E-state index in [0.717, 1.165) is 25.6 Å². The highest BCUT2D eigenvalue weighted by Gasteiger charge is 2.11. The Bertz CT molecular complexity index is 406. The minimum Gasteiger partial charge on any atom is -0.373 e. The summed E-state index contributed by atoms with van der Waals surface area (Å²) >= 11 is 0. The van der Waals surface area contributed by atoms with E-state index in [0.29, 0.717) is 0 Å². The second-order valence-corrected chi connectivity index (χ2v) is 5.89. The van der Waals surface area contributed by atoms with Crippen LogP contribution in [-0.4, -0.2) is 38.2 Å². The Labute approximate surface area is 123 Å². The molecule has 0 amide bonds. The molecular weight excluding hydrogens is 248 g/mol. The van der Waals surface area contributed by atoms with E-state index in [4.69, 9.17) is 0 Å². The van der Waals surface area contributed by atoms with Crippen molar-refractivity contribution < 1.29 is 0 Å². The van der Waals surface area contributed by atoms with Crippen molar-refractivity contribution in [3.63, 3.8) is 0 Å². The lowest BCUT2D eigenvalue weighted by Gasteiger charge is -2.24. The summed E-state index contributed by atoms with van der Waals surface area (Å²) in [7, 11) is 2.09. The molecule has 0 aliphatic carbocycles. The van der Waals surface area contributed by atoms with Crippen LogP contribution in [0.15, 0.2) is 35.3 Å². The van der Waals surface area contributed by atoms with Crippen molar-refractivity contribution in [2.75, 3.05) is 31.6 Å². The molecule has 0 aliphatic heterocycles. The van der Waals surface area contributed by atoms with Gasteiger partial charge in [0.05, 0.1) is 6.54 Å². The Morgan fingerprint density at radius 2 is 1.85 bits per heavy atom. The highest BCUT2D eigenvalue weighted by Crippen LogP contribution is 2.10. The fourth-order valence-electron chi connectivity index (χ4n) is 1.79. The smallest absolute Gasteiger partial charge is 0.191 e. The molecular formula is C16H28N4. The maximum Gasteiger partial charge on any atom is 0.191 e. The first-order valence-electron chi connectivity index (χ1n) is 7.25. The molecule has 2 N–H and O–H groups in total. The van der Waals surface area contributed by atoms with Gasteiger partial charge in [-0.3, -0.25) is 4.99 Å². The number of hydrogen-bond acceptors (Lipinski definition) is 2. The van der Waals surface area contributed by atoms with E-state index >= 15 is 0 Å². The predicted molar refractivity (Wildman–Crippen MR) is 88.6 cm³/mol. The van der Waals surface area contributed by atoms with E-state index < -0.39 is 0 Å². The topological polar surface area (TPSA) is 39.7 Å². The quantitative estimate of drug-likeness (QED) is 0.641. The normalized spacial score (nSPS) is 12.2. The van der Waals surface area contributed by atoms with Crippen LogP contribution < -0.4 is 15.5 Å². The van der Waals surface area contributed by atoms with Gasteiger partial charge in [0.15, 0.2) is 5.96 Å². The lowest BCUT2D eigenvalue weighted by molar-refractivity contribution is 0.501. The number of para-hydroxylation sites is 1. The summed E-state index contributed by atoms with van der Waals surface area (Å²) in [6, 6.07) is 10.4. The summed E-state index contributed by atoms with van der Waals surface area (Å²) in [5.41, 5.74) is 1.24. The number of benzene rings is 1. The third-order valence-electron chi connectivity index (χ3n) is 2.74. The predicted octanol–water partition coefficient (Wildman–Crippen LogP) is 2.48. The molecule has 0 spiro atoms. The SMILES string of the molecule is CCNC(=NCCN(C)c1ccccc1)NC(C)(C)C. The molecule has 0 aromatic heterocycles. The lowest BCUT2D eigenvalue weighted by Crippen LogP contribution is -2.47. The largest absolute Gasteiger partial charge is 0.373 e. The molecule has 0 fully saturated rings. The molecule has 0 unspecified atom stereocenters. The summed E-state index contributed by atoms with van der Waals surface area (Å²) < 4.78 is 0. The van der Waals surface area contributed by atoms with Crippen molar-refractivity contribution in [2.45, 2.75) is 33.2 Å². The summed E-state index contributed by atoms with van der Waals surface area (Å²) in [6.45, 7) is 11.0. The highest BCUT2D eigenvalue weighted by atomic mass is 15.2. The number of aliphatic imine (C=N–C) groups is 1. The first-order chi connectivity index (χ1) is 9.42. The standard InChI is InChI=1S/C16H28N4/c1-6-17-15(19-16(2,3)4)18-12-13-20(5)14-10-8-7-9-11-14/h7-11H,6,12-13H2,1-5H3,(H2,17,18,19). The average Bonchev–Trinajstić information content (AvgIpc) is 2.38. The second-order valence-electron chi connectivity index (χ2n) is 5.89. The van der Waals surface area contributed by atoms with Gasteiger partial charge in [0, 0.05) is 31.4 Å². The molecule has 1 aromatic rings. The van der Waals surface area contributed by atoms with E-state index in [2.05, 4.69) is 79.5 Å². The maximum absolute atomic E-state index is 4.62. The molecule has 0 radical (unpaired) electrons. The highest BCUT2D eigenvalue weighted by molar-refractivity contribution is 5.80. The number of nitrogens with zero attached hydrogens (tertiary/aromatic N) is 2. The van der Waals surface area contributed by atoms with Crippen LogP contribution in [0, 0.1) is 0 Å². The van der Waals surface area contributed by atoms with E-state index in [1.807, 2.05) is 6.07 Å². The van der Waals surface area contributed by atoms with Crippen LogP contribution in [0.4, 0.5) is 5.69 Å². The molecule has 0 saturated heterocycles. The fourth-order valence-corrected chi connectivity index (χ4v) is 1.79. The molecule has 0 atom stereocenters. The van der Waals surface area contributed by atoms with Crippen molar-refractivity contribution >= 4 is 11.6 Å². The molecule has 4 heteroatoms. The molecule has 0 heterocycles. The lowest BCUT2D eigenvalue weighted by atomic mass is 10.1. The molecule has 1 aromatic carbocycles. The molecule has 20 heavy (non-hydrogen) atoms. The summed E-state index contributed by atoms with van der Waals surface area (Å²) in [6.07, 6.45) is 0. The molecule has 0 aliphatic rings. The van der Waals surface area contributed by atoms with Gasteiger partial charge in [0.1, 0.15) is 0 Å². The van der Waals surface area contributed by atoms with Gasteiger partial charge >= 0.3 is 0 Å². The number of guanidine groups is 1. The number of rotatable bonds is 5. The first kappa shape index (κ1) is 16.3. The average molecular weight is 276 g/mol. The molecule has 1 rings (SSSR count). The number of anilines is 1. The van der Waals surface area contributed by atoms with E-state index in [1.165, 1.54) is 5.69 Å². The fraction of sp³-hybridized carbons (Fsp3) is 0.562. The Hall–Kier alpha value is -1.71. The minimum absolute atomic E-state index is 0.0202. The number of nitrogens with one attached hydrogen (secondary N) is 2. The van der Waals surface area contributed by atoms with Gasteiger partial charge < -0.3 is 15.5 Å². The molecule has 4 nitrogen and oxygen atoms in total. The van der Waals surface area contributed by atoms with E-state index in [1.54, 1.807) is 0 Å². The minimum atomic E-state index is 0.0202. The van der Waals surface area contributed by atoms with Gasteiger partial charge in [-0.25, -0.2) is 0 Å². The Kier molecular flexibility index (Phi) is 6.36. The third-order valence-corrected chi connectivity index (χ3v) is 2.74. The Morgan fingerprint density at radius 1 is 1.20 bits per heavy atom. The zero-order chi connectivity index (χ0) is 15.0. The van der Waals surface area contributed by atoms with Gasteiger partial charge in [-0.1, -0.05) is 18.2 Å². The van der Waals surface area contributed by atoms with Gasteiger partial charge in [0.25, 0.3) is 0 Å². The zero-order valence-electron chi connectivity index (χ0n) is 13.4. The monoisotopic (exact) mass is 276 g/mol. The zero-order valence-corrected chi connectivity index (χ0v) is 13.4. The van der Waals surface area contributed by atoms with Gasteiger partial charge in [-0.15, -0.1) is 0 Å². The van der Waals surface area contributed by atoms with Crippen LogP contribution in [0.3, 0.4) is 0 Å². The number of likely N-dealkylation sites (N-methyl/N-ethyl adjacent to an activating group) is 1. The van der Waals surface area contributed by atoms with Crippen molar-refractivity contribution in [2.24, 2.45) is 4.99 Å². The van der Waals surface area contributed by atoms with Crippen molar-refractivity contribution in [1.82, 2.24) is 10.6 Å². The summed E-state index contributed by atoms with van der Waals surface area (Å²) in [5.74, 6) is 0.876. The maximum atomic E-state index is 4.62. The van der Waals surface area contributed by atoms with Crippen LogP contribution in [0.5, 0.6) is 0 Å². The molecule has 0 saturated carbocycles. The van der Waals surface area contributed by atoms with Crippen LogP contribution in [0.2, 0.25) is 0 Å². The van der Waals surface area contributed by atoms with Gasteiger partial charge in [-0.05, 0) is 39.8 Å². The third kappa shape index (κ3) is 6.45. The van der Waals surface area contributed by atoms with Crippen LogP contribution in [0.1, 0.15) is 27.7 Å². The molecule has 112 valence electrons. The van der Waals surface area contributed by atoms with Crippen LogP contribution in [-0.2, 0) is 0 Å². The first-order valence-corrected chi connectivity index (χ1v) is 7.25. The van der Waals surface area contributed by atoms with Crippen LogP contribution in [0.25, 0.3) is 0 Å². The van der Waals surface area contributed by atoms with Gasteiger partial charge in [0.2, 0.25) is 0 Å². The van der Waals surface area contributed by atoms with Crippen molar-refractivity contribution in [3.8, 4) is 0 Å². The van der Waals surface area contributed by atoms with E-state index in [-0.39, 0.29) is 5.54 Å².